The van der Waals surface area contributed by atoms with Crippen molar-refractivity contribution in [1.82, 2.24) is 5.16 Å². The van der Waals surface area contributed by atoms with Gasteiger partial charge < -0.3 is 4.52 Å². The fourth-order valence-electron chi connectivity index (χ4n) is 1.54. The zero-order valence-corrected chi connectivity index (χ0v) is 9.97. The minimum Gasteiger partial charge on any atom is -0.360 e. The first-order valence-corrected chi connectivity index (χ1v) is 5.29. The van der Waals surface area contributed by atoms with Gasteiger partial charge >= 0.3 is 0 Å². The van der Waals surface area contributed by atoms with E-state index in [1.807, 2.05) is 0 Å². The topological polar surface area (TPSA) is 86.2 Å². The maximum atomic E-state index is 11.3. The number of nitro benzene ring substituents is 1. The Morgan fingerprint density at radius 3 is 2.50 bits per heavy atom. The van der Waals surface area contributed by atoms with Crippen LogP contribution in [0.1, 0.15) is 16.1 Å². The second-order valence-corrected chi connectivity index (χ2v) is 3.88. The summed E-state index contributed by atoms with van der Waals surface area (Å²) in [7, 11) is 0. The molecule has 7 heteroatoms. The first-order chi connectivity index (χ1) is 8.50. The van der Waals surface area contributed by atoms with Crippen molar-refractivity contribution in [3.05, 3.63) is 45.7 Å². The molecule has 2 aromatic rings. The molecular formula is C11H7ClN2O4. The Labute approximate surface area is 106 Å². The van der Waals surface area contributed by atoms with Gasteiger partial charge in [-0.3, -0.25) is 14.9 Å². The van der Waals surface area contributed by atoms with Gasteiger partial charge in [-0.15, -0.1) is 0 Å². The normalized spacial score (nSPS) is 10.3. The fraction of sp³-hybridized carbons (Fsp3) is 0.0909. The molecule has 92 valence electrons. The lowest BCUT2D eigenvalue weighted by Gasteiger charge is -1.97. The van der Waals surface area contributed by atoms with E-state index in [1.54, 1.807) is 6.92 Å². The smallest absolute Gasteiger partial charge is 0.269 e. The summed E-state index contributed by atoms with van der Waals surface area (Å²) in [4.78, 5) is 21.3. The van der Waals surface area contributed by atoms with Crippen molar-refractivity contribution >= 4 is 22.5 Å². The summed E-state index contributed by atoms with van der Waals surface area (Å²) in [5.41, 5.74) is 0.937. The number of aromatic nitrogens is 1. The van der Waals surface area contributed by atoms with Crippen LogP contribution in [0.25, 0.3) is 11.3 Å². The van der Waals surface area contributed by atoms with Gasteiger partial charge in [0.1, 0.15) is 17.0 Å². The average molecular weight is 267 g/mol. The van der Waals surface area contributed by atoms with E-state index in [0.29, 0.717) is 11.3 Å². The Hall–Kier alpha value is -2.21. The molecule has 18 heavy (non-hydrogen) atoms. The molecule has 0 saturated carbocycles. The molecule has 0 fully saturated rings. The third-order valence-corrected chi connectivity index (χ3v) is 2.60. The molecule has 2 rings (SSSR count). The van der Waals surface area contributed by atoms with Gasteiger partial charge in [0.05, 0.1) is 4.92 Å². The summed E-state index contributed by atoms with van der Waals surface area (Å²) in [5.74, 6) is 0.309. The lowest BCUT2D eigenvalue weighted by molar-refractivity contribution is -0.384. The Kier molecular flexibility index (Phi) is 3.12. The van der Waals surface area contributed by atoms with Gasteiger partial charge in [0.2, 0.25) is 0 Å². The standard InChI is InChI=1S/C11H7ClN2O4/c1-6-9(11(12)15)10(13-18-6)7-2-4-8(5-3-7)14(16)17/h2-5H,1H3. The van der Waals surface area contributed by atoms with E-state index in [2.05, 4.69) is 5.16 Å². The lowest BCUT2D eigenvalue weighted by atomic mass is 10.1. The van der Waals surface area contributed by atoms with Crippen LogP contribution in [0, 0.1) is 17.0 Å². The van der Waals surface area contributed by atoms with Crippen LogP contribution in [0.5, 0.6) is 0 Å². The van der Waals surface area contributed by atoms with Gasteiger partial charge in [-0.1, -0.05) is 5.16 Å². The quantitative estimate of drug-likeness (QED) is 0.484. The van der Waals surface area contributed by atoms with E-state index in [9.17, 15) is 14.9 Å². The van der Waals surface area contributed by atoms with E-state index in [1.165, 1.54) is 24.3 Å². The molecule has 1 heterocycles. The van der Waals surface area contributed by atoms with Crippen LogP contribution in [0.3, 0.4) is 0 Å². The van der Waals surface area contributed by atoms with Crippen molar-refractivity contribution in [2.24, 2.45) is 0 Å². The maximum Gasteiger partial charge on any atom is 0.269 e. The first kappa shape index (κ1) is 12.3. The minimum atomic E-state index is -0.679. The summed E-state index contributed by atoms with van der Waals surface area (Å²) in [5, 5.41) is 13.6. The summed E-state index contributed by atoms with van der Waals surface area (Å²) in [6.07, 6.45) is 0. The molecule has 0 aliphatic rings. The van der Waals surface area contributed by atoms with Crippen LogP contribution in [-0.4, -0.2) is 15.3 Å². The number of aryl methyl sites for hydroxylation is 1. The Morgan fingerprint density at radius 1 is 1.39 bits per heavy atom. The third kappa shape index (κ3) is 2.10. The van der Waals surface area contributed by atoms with Crippen LogP contribution < -0.4 is 0 Å². The summed E-state index contributed by atoms with van der Waals surface area (Å²) in [6, 6.07) is 5.61. The fourth-order valence-corrected chi connectivity index (χ4v) is 1.76. The van der Waals surface area contributed by atoms with Gasteiger partial charge in [0.15, 0.2) is 0 Å². The monoisotopic (exact) mass is 266 g/mol. The van der Waals surface area contributed by atoms with Crippen molar-refractivity contribution in [2.75, 3.05) is 0 Å². The lowest BCUT2D eigenvalue weighted by Crippen LogP contribution is -1.93. The van der Waals surface area contributed by atoms with Crippen LogP contribution in [-0.2, 0) is 0 Å². The molecule has 0 N–H and O–H groups in total. The van der Waals surface area contributed by atoms with E-state index < -0.39 is 10.2 Å². The summed E-state index contributed by atoms with van der Waals surface area (Å²) in [6.45, 7) is 1.57. The van der Waals surface area contributed by atoms with Crippen molar-refractivity contribution in [2.45, 2.75) is 6.92 Å². The number of halogens is 1. The maximum absolute atomic E-state index is 11.3. The van der Waals surface area contributed by atoms with Gasteiger partial charge in [-0.2, -0.15) is 0 Å². The third-order valence-electron chi connectivity index (χ3n) is 2.41. The highest BCUT2D eigenvalue weighted by atomic mass is 35.5. The predicted molar refractivity (Wildman–Crippen MR) is 63.5 cm³/mol. The number of hydrogen-bond donors (Lipinski definition) is 0. The first-order valence-electron chi connectivity index (χ1n) is 4.91. The van der Waals surface area contributed by atoms with E-state index >= 15 is 0 Å². The molecule has 0 unspecified atom stereocenters. The molecule has 0 spiro atoms. The van der Waals surface area contributed by atoms with Crippen molar-refractivity contribution in [3.8, 4) is 11.3 Å². The SMILES string of the molecule is Cc1onc(-c2ccc([N+](=O)[O-])cc2)c1C(=O)Cl. The van der Waals surface area contributed by atoms with Gasteiger partial charge in [-0.25, -0.2) is 0 Å². The van der Waals surface area contributed by atoms with Crippen molar-refractivity contribution < 1.29 is 14.2 Å². The molecule has 0 saturated heterocycles. The second kappa shape index (κ2) is 4.58. The van der Waals surface area contributed by atoms with Crippen molar-refractivity contribution in [1.29, 1.82) is 0 Å². The molecule has 0 aliphatic heterocycles. The Balaban J connectivity index is 2.49. The largest absolute Gasteiger partial charge is 0.360 e. The summed E-state index contributed by atoms with van der Waals surface area (Å²) < 4.78 is 4.90. The van der Waals surface area contributed by atoms with Crippen LogP contribution in [0.15, 0.2) is 28.8 Å². The molecular weight excluding hydrogens is 260 g/mol. The molecule has 0 radical (unpaired) electrons. The Bertz CT molecular complexity index is 618. The highest BCUT2D eigenvalue weighted by molar-refractivity contribution is 6.68. The molecule has 1 aromatic heterocycles. The second-order valence-electron chi connectivity index (χ2n) is 3.54. The van der Waals surface area contributed by atoms with E-state index in [0.717, 1.165) is 0 Å². The number of benzene rings is 1. The minimum absolute atomic E-state index is 0.0438. The van der Waals surface area contributed by atoms with Gasteiger partial charge in [-0.05, 0) is 30.7 Å². The molecule has 0 bridgehead atoms. The molecule has 1 aromatic carbocycles. The molecule has 0 amide bonds. The number of carbonyl (C=O) groups is 1. The number of rotatable bonds is 3. The highest BCUT2D eigenvalue weighted by Gasteiger charge is 2.20. The number of nitro groups is 1. The van der Waals surface area contributed by atoms with Crippen molar-refractivity contribution in [3.63, 3.8) is 0 Å². The zero-order valence-electron chi connectivity index (χ0n) is 9.21. The van der Waals surface area contributed by atoms with Crippen LogP contribution in [0.2, 0.25) is 0 Å². The summed E-state index contributed by atoms with van der Waals surface area (Å²) >= 11 is 5.44. The molecule has 0 atom stereocenters. The number of non-ortho nitro benzene ring substituents is 1. The van der Waals surface area contributed by atoms with Crippen LogP contribution >= 0.6 is 11.6 Å². The number of carbonyl (C=O) groups excluding carboxylic acids is 1. The van der Waals surface area contributed by atoms with Gasteiger partial charge in [0, 0.05) is 17.7 Å². The average Bonchev–Trinajstić information content (AvgIpc) is 2.71. The van der Waals surface area contributed by atoms with E-state index in [-0.39, 0.29) is 16.9 Å². The molecule has 6 nitrogen and oxygen atoms in total. The highest BCUT2D eigenvalue weighted by Crippen LogP contribution is 2.27. The predicted octanol–water partition coefficient (Wildman–Crippen LogP) is 2.94. The van der Waals surface area contributed by atoms with Gasteiger partial charge in [0.25, 0.3) is 10.9 Å². The molecule has 0 aliphatic carbocycles. The Morgan fingerprint density at radius 2 is 2.00 bits per heavy atom. The number of hydrogen-bond acceptors (Lipinski definition) is 5. The van der Waals surface area contributed by atoms with E-state index in [4.69, 9.17) is 16.1 Å². The zero-order chi connectivity index (χ0) is 13.3. The number of nitrogens with zero attached hydrogens (tertiary/aromatic N) is 2. The van der Waals surface area contributed by atoms with Crippen LogP contribution in [0.4, 0.5) is 5.69 Å².